The number of pyridine rings is 1. The molecule has 1 aromatic heterocycles. The number of aryl methyl sites for hydroxylation is 2. The molecule has 1 rings (SSSR count). The Morgan fingerprint density at radius 1 is 1.27 bits per heavy atom. The summed E-state index contributed by atoms with van der Waals surface area (Å²) >= 11 is 0. The van der Waals surface area contributed by atoms with Gasteiger partial charge in [0.1, 0.15) is 0 Å². The van der Waals surface area contributed by atoms with Gasteiger partial charge in [-0.2, -0.15) is 0 Å². The number of nitrogens with zero attached hydrogens (tertiary/aromatic N) is 1. The molecular formula is C14H19N. The zero-order valence-corrected chi connectivity index (χ0v) is 8.75. The Hall–Kier alpha value is -1.63. The summed E-state index contributed by atoms with van der Waals surface area (Å²) in [5, 5.41) is 0. The van der Waals surface area contributed by atoms with Crippen LogP contribution in [-0.4, -0.2) is 4.98 Å². The van der Waals surface area contributed by atoms with Crippen LogP contribution < -0.4 is 0 Å². The summed E-state index contributed by atoms with van der Waals surface area (Å²) in [6.45, 7) is 11.5. The van der Waals surface area contributed by atoms with Crippen molar-refractivity contribution < 1.29 is 0 Å². The van der Waals surface area contributed by atoms with Crippen LogP contribution >= 0.6 is 0 Å². The first kappa shape index (κ1) is 13.4. The first-order chi connectivity index (χ1) is 6.69. The maximum absolute atomic E-state index is 4.44. The minimum atomic E-state index is 0. The fourth-order valence-electron chi connectivity index (χ4n) is 1.43. The van der Waals surface area contributed by atoms with Gasteiger partial charge in [0.15, 0.2) is 0 Å². The fourth-order valence-corrected chi connectivity index (χ4v) is 1.43. The second kappa shape index (κ2) is 5.97. The van der Waals surface area contributed by atoms with Crippen LogP contribution in [0.25, 0.3) is 12.2 Å². The van der Waals surface area contributed by atoms with E-state index in [0.717, 1.165) is 17.0 Å². The lowest BCUT2D eigenvalue weighted by molar-refractivity contribution is 1.15. The molecule has 0 atom stereocenters. The highest BCUT2D eigenvalue weighted by atomic mass is 14.7. The molecule has 1 nitrogen and oxygen atoms in total. The van der Waals surface area contributed by atoms with Gasteiger partial charge in [-0.25, -0.2) is 0 Å². The van der Waals surface area contributed by atoms with Crippen LogP contribution in [0.4, 0.5) is 0 Å². The lowest BCUT2D eigenvalue weighted by Gasteiger charge is -2.05. The monoisotopic (exact) mass is 201 g/mol. The lowest BCUT2D eigenvalue weighted by atomic mass is 10.1. The molecule has 0 saturated heterocycles. The van der Waals surface area contributed by atoms with Gasteiger partial charge in [0.2, 0.25) is 0 Å². The summed E-state index contributed by atoms with van der Waals surface area (Å²) in [4.78, 5) is 4.44. The Labute approximate surface area is 92.9 Å². The van der Waals surface area contributed by atoms with Gasteiger partial charge in [-0.1, -0.05) is 38.8 Å². The summed E-state index contributed by atoms with van der Waals surface area (Å²) in [7, 11) is 0. The van der Waals surface area contributed by atoms with Gasteiger partial charge in [-0.15, -0.1) is 0 Å². The third kappa shape index (κ3) is 3.21. The quantitative estimate of drug-likeness (QED) is 0.669. The first-order valence-corrected chi connectivity index (χ1v) is 4.59. The van der Waals surface area contributed by atoms with E-state index in [-0.39, 0.29) is 7.43 Å². The van der Waals surface area contributed by atoms with Gasteiger partial charge < -0.3 is 0 Å². The Morgan fingerprint density at radius 2 is 1.93 bits per heavy atom. The number of aromatic nitrogens is 1. The summed E-state index contributed by atoms with van der Waals surface area (Å²) < 4.78 is 0. The predicted octanol–water partition coefficient (Wildman–Crippen LogP) is 4.18. The molecule has 0 aromatic carbocycles. The molecule has 0 spiro atoms. The van der Waals surface area contributed by atoms with Crippen molar-refractivity contribution in [2.75, 3.05) is 0 Å². The van der Waals surface area contributed by atoms with Crippen molar-refractivity contribution in [3.63, 3.8) is 0 Å². The van der Waals surface area contributed by atoms with E-state index >= 15 is 0 Å². The minimum Gasteiger partial charge on any atom is -0.253 e. The van der Waals surface area contributed by atoms with E-state index in [4.69, 9.17) is 0 Å². The van der Waals surface area contributed by atoms with Crippen molar-refractivity contribution in [3.8, 4) is 0 Å². The highest BCUT2D eigenvalue weighted by molar-refractivity contribution is 5.64. The van der Waals surface area contributed by atoms with Crippen molar-refractivity contribution in [2.24, 2.45) is 0 Å². The molecule has 0 aliphatic rings. The molecule has 1 aromatic rings. The van der Waals surface area contributed by atoms with Crippen molar-refractivity contribution in [1.29, 1.82) is 0 Å². The lowest BCUT2D eigenvalue weighted by Crippen LogP contribution is -1.93. The van der Waals surface area contributed by atoms with Crippen LogP contribution in [-0.2, 0) is 0 Å². The van der Waals surface area contributed by atoms with Crippen LogP contribution in [0.15, 0.2) is 31.4 Å². The molecule has 0 aliphatic heterocycles. The highest BCUT2D eigenvalue weighted by Gasteiger charge is 2.01. The van der Waals surface area contributed by atoms with Crippen molar-refractivity contribution in [3.05, 3.63) is 53.9 Å². The van der Waals surface area contributed by atoms with Crippen LogP contribution in [0.2, 0.25) is 0 Å². The SMILES string of the molecule is C.C=C/C=C\c1nc(C)cc(C)c1C=C. The van der Waals surface area contributed by atoms with E-state index in [1.54, 1.807) is 6.08 Å². The third-order valence-corrected chi connectivity index (χ3v) is 2.02. The van der Waals surface area contributed by atoms with E-state index in [9.17, 15) is 0 Å². The third-order valence-electron chi connectivity index (χ3n) is 2.02. The van der Waals surface area contributed by atoms with Crippen molar-refractivity contribution in [2.45, 2.75) is 21.3 Å². The van der Waals surface area contributed by atoms with Gasteiger partial charge in [0.05, 0.1) is 5.69 Å². The summed E-state index contributed by atoms with van der Waals surface area (Å²) in [6.07, 6.45) is 7.41. The van der Waals surface area contributed by atoms with Crippen molar-refractivity contribution in [1.82, 2.24) is 4.98 Å². The molecule has 0 aliphatic carbocycles. The molecule has 0 N–H and O–H groups in total. The van der Waals surface area contributed by atoms with Crippen LogP contribution in [0.3, 0.4) is 0 Å². The molecule has 1 heterocycles. The Morgan fingerprint density at radius 3 is 2.47 bits per heavy atom. The van der Waals surface area contributed by atoms with Crippen LogP contribution in [0, 0.1) is 13.8 Å². The van der Waals surface area contributed by atoms with Gasteiger partial charge in [-0.3, -0.25) is 4.98 Å². The van der Waals surface area contributed by atoms with Gasteiger partial charge in [0, 0.05) is 11.3 Å². The zero-order chi connectivity index (χ0) is 10.6. The molecule has 80 valence electrons. The maximum Gasteiger partial charge on any atom is 0.0707 e. The fraction of sp³-hybridized carbons (Fsp3) is 0.214. The van der Waals surface area contributed by atoms with E-state index in [0.29, 0.717) is 0 Å². The molecular weight excluding hydrogens is 182 g/mol. The predicted molar refractivity (Wildman–Crippen MR) is 69.8 cm³/mol. The summed E-state index contributed by atoms with van der Waals surface area (Å²) in [6, 6.07) is 2.06. The Balaban J connectivity index is 0.00000196. The molecule has 0 bridgehead atoms. The summed E-state index contributed by atoms with van der Waals surface area (Å²) in [5.41, 5.74) is 4.28. The molecule has 0 saturated carbocycles. The molecule has 0 fully saturated rings. The average Bonchev–Trinajstić information content (AvgIpc) is 2.14. The minimum absolute atomic E-state index is 0. The van der Waals surface area contributed by atoms with Gasteiger partial charge in [-0.05, 0) is 31.6 Å². The highest BCUT2D eigenvalue weighted by Crippen LogP contribution is 2.16. The number of hydrogen-bond donors (Lipinski definition) is 0. The average molecular weight is 201 g/mol. The van der Waals surface area contributed by atoms with E-state index in [2.05, 4.69) is 31.1 Å². The first-order valence-electron chi connectivity index (χ1n) is 4.59. The topological polar surface area (TPSA) is 12.9 Å². The number of allylic oxidation sites excluding steroid dienone is 2. The number of hydrogen-bond acceptors (Lipinski definition) is 1. The standard InChI is InChI=1S/C13H15N.CH4/c1-5-7-8-13-12(6-2)10(3)9-11(4)14-13;/h5-9H,1-2H2,3-4H3;1H4/b8-7-;. The van der Waals surface area contributed by atoms with Gasteiger partial charge >= 0.3 is 0 Å². The number of rotatable bonds is 3. The second-order valence-corrected chi connectivity index (χ2v) is 3.18. The normalized spacial score (nSPS) is 9.73. The molecule has 1 heteroatoms. The maximum atomic E-state index is 4.44. The molecule has 15 heavy (non-hydrogen) atoms. The van der Waals surface area contributed by atoms with Crippen LogP contribution in [0.1, 0.15) is 29.9 Å². The van der Waals surface area contributed by atoms with E-state index < -0.39 is 0 Å². The van der Waals surface area contributed by atoms with E-state index in [1.165, 1.54) is 5.56 Å². The van der Waals surface area contributed by atoms with Crippen LogP contribution in [0.5, 0.6) is 0 Å². The molecule has 0 amide bonds. The molecule has 0 unspecified atom stereocenters. The van der Waals surface area contributed by atoms with Gasteiger partial charge in [0.25, 0.3) is 0 Å². The smallest absolute Gasteiger partial charge is 0.0707 e. The summed E-state index contributed by atoms with van der Waals surface area (Å²) in [5.74, 6) is 0. The Kier molecular flexibility index (Phi) is 5.32. The largest absolute Gasteiger partial charge is 0.253 e. The zero-order valence-electron chi connectivity index (χ0n) is 8.75. The van der Waals surface area contributed by atoms with E-state index in [1.807, 2.05) is 25.2 Å². The Bertz CT molecular complexity index is 387. The second-order valence-electron chi connectivity index (χ2n) is 3.18. The molecule has 0 radical (unpaired) electrons. The van der Waals surface area contributed by atoms with Crippen molar-refractivity contribution >= 4 is 12.2 Å².